The highest BCUT2D eigenvalue weighted by molar-refractivity contribution is 7.82. The van der Waals surface area contributed by atoms with Crippen molar-refractivity contribution in [3.05, 3.63) is 30.1 Å². The molecule has 104 valence electrons. The molecule has 1 aromatic rings. The third kappa shape index (κ3) is 3.19. The van der Waals surface area contributed by atoms with Crippen molar-refractivity contribution in [2.24, 2.45) is 5.92 Å². The third-order valence-corrected chi connectivity index (χ3v) is 4.79. The van der Waals surface area contributed by atoms with Gasteiger partial charge in [-0.2, -0.15) is 0 Å². The maximum absolute atomic E-state index is 13.6. The van der Waals surface area contributed by atoms with Crippen LogP contribution in [0.5, 0.6) is 0 Å². The molecule has 0 amide bonds. The minimum Gasteiger partial charge on any atom is -0.469 e. The molecule has 1 fully saturated rings. The summed E-state index contributed by atoms with van der Waals surface area (Å²) < 4.78 is 32.2. The van der Waals surface area contributed by atoms with Crippen molar-refractivity contribution >= 4 is 17.0 Å². The molecule has 0 N–H and O–H groups in total. The molecule has 1 unspecified atom stereocenters. The van der Waals surface area contributed by atoms with Crippen LogP contribution >= 0.6 is 0 Å². The number of rotatable bonds is 3. The summed E-state index contributed by atoms with van der Waals surface area (Å²) in [6.07, 6.45) is 1.18. The number of hydrogen-bond acceptors (Lipinski definition) is 3. The minimum atomic E-state index is -1.51. The summed E-state index contributed by atoms with van der Waals surface area (Å²) >= 11 is 0. The molecule has 1 aliphatic heterocycles. The van der Waals surface area contributed by atoms with Gasteiger partial charge in [-0.1, -0.05) is 12.1 Å². The van der Waals surface area contributed by atoms with Crippen LogP contribution in [0.1, 0.15) is 12.8 Å². The van der Waals surface area contributed by atoms with Crippen LogP contribution in [-0.2, 0) is 20.5 Å². The summed E-state index contributed by atoms with van der Waals surface area (Å²) in [5, 5.41) is 0. The maximum atomic E-state index is 13.6. The fourth-order valence-electron chi connectivity index (χ4n) is 2.15. The number of ether oxygens (including phenoxy) is 1. The second-order valence-corrected chi connectivity index (χ2v) is 5.86. The molecule has 0 radical (unpaired) electrons. The van der Waals surface area contributed by atoms with Gasteiger partial charge < -0.3 is 4.74 Å². The first-order valence-corrected chi connectivity index (χ1v) is 7.23. The molecule has 19 heavy (non-hydrogen) atoms. The van der Waals surface area contributed by atoms with Crippen molar-refractivity contribution in [3.63, 3.8) is 0 Å². The lowest BCUT2D eigenvalue weighted by molar-refractivity contribution is -0.146. The van der Waals surface area contributed by atoms with E-state index < -0.39 is 16.8 Å². The normalized spacial score (nSPS) is 19.1. The number of carbonyl (C=O) groups excluding carboxylic acids is 1. The van der Waals surface area contributed by atoms with Gasteiger partial charge in [-0.05, 0) is 25.0 Å². The molecule has 0 aliphatic carbocycles. The van der Waals surface area contributed by atoms with E-state index in [-0.39, 0.29) is 16.8 Å². The Labute approximate surface area is 114 Å². The van der Waals surface area contributed by atoms with Crippen LogP contribution in [0.3, 0.4) is 0 Å². The van der Waals surface area contributed by atoms with Crippen molar-refractivity contribution in [2.75, 3.05) is 20.2 Å². The lowest BCUT2D eigenvalue weighted by Gasteiger charge is -2.29. The second-order valence-electron chi connectivity index (χ2n) is 4.41. The van der Waals surface area contributed by atoms with E-state index in [1.165, 1.54) is 19.2 Å². The molecule has 1 heterocycles. The van der Waals surface area contributed by atoms with Crippen LogP contribution in [0.25, 0.3) is 0 Å². The fourth-order valence-corrected chi connectivity index (χ4v) is 3.40. The van der Waals surface area contributed by atoms with Crippen LogP contribution in [0, 0.1) is 11.7 Å². The molecule has 0 aromatic heterocycles. The lowest BCUT2D eigenvalue weighted by Crippen LogP contribution is -2.38. The number of piperidine rings is 1. The van der Waals surface area contributed by atoms with E-state index >= 15 is 0 Å². The van der Waals surface area contributed by atoms with Crippen molar-refractivity contribution in [3.8, 4) is 0 Å². The molecule has 1 atom stereocenters. The van der Waals surface area contributed by atoms with Gasteiger partial charge in [0.2, 0.25) is 0 Å². The first kappa shape index (κ1) is 14.1. The summed E-state index contributed by atoms with van der Waals surface area (Å²) in [5.74, 6) is -0.828. The highest BCUT2D eigenvalue weighted by Gasteiger charge is 2.29. The minimum absolute atomic E-state index is 0.140. The Morgan fingerprint density at radius 2 is 2.00 bits per heavy atom. The Bertz CT molecular complexity index is 487. The lowest BCUT2D eigenvalue weighted by atomic mass is 9.99. The zero-order chi connectivity index (χ0) is 13.8. The van der Waals surface area contributed by atoms with E-state index in [1.54, 1.807) is 16.4 Å². The molecular formula is C13H16FNO3S. The summed E-state index contributed by atoms with van der Waals surface area (Å²) in [4.78, 5) is 11.6. The van der Waals surface area contributed by atoms with Gasteiger partial charge in [0.05, 0.1) is 17.9 Å². The summed E-state index contributed by atoms with van der Waals surface area (Å²) in [6.45, 7) is 1.00. The van der Waals surface area contributed by atoms with Gasteiger partial charge >= 0.3 is 5.97 Å². The molecule has 4 nitrogen and oxygen atoms in total. The average Bonchev–Trinajstić information content (AvgIpc) is 2.46. The quantitative estimate of drug-likeness (QED) is 0.795. The Kier molecular flexibility index (Phi) is 4.66. The Balaban J connectivity index is 2.00. The van der Waals surface area contributed by atoms with E-state index in [1.807, 2.05) is 0 Å². The number of nitrogens with zero attached hydrogens (tertiary/aromatic N) is 1. The molecule has 0 bridgehead atoms. The number of carbonyl (C=O) groups is 1. The van der Waals surface area contributed by atoms with Gasteiger partial charge in [-0.25, -0.2) is 12.9 Å². The highest BCUT2D eigenvalue weighted by atomic mass is 32.2. The number of methoxy groups -OCH3 is 1. The number of benzene rings is 1. The summed E-state index contributed by atoms with van der Waals surface area (Å²) in [7, 11) is -0.138. The largest absolute Gasteiger partial charge is 0.469 e. The van der Waals surface area contributed by atoms with E-state index in [2.05, 4.69) is 0 Å². The van der Waals surface area contributed by atoms with E-state index in [0.29, 0.717) is 25.9 Å². The Morgan fingerprint density at radius 1 is 1.37 bits per heavy atom. The second kappa shape index (κ2) is 6.25. The number of esters is 1. The Hall–Kier alpha value is -1.27. The molecular weight excluding hydrogens is 269 g/mol. The molecule has 1 aromatic carbocycles. The van der Waals surface area contributed by atoms with Gasteiger partial charge in [0.1, 0.15) is 16.8 Å². The molecule has 0 spiro atoms. The van der Waals surface area contributed by atoms with Crippen LogP contribution in [0.2, 0.25) is 0 Å². The highest BCUT2D eigenvalue weighted by Crippen LogP contribution is 2.23. The number of halogens is 1. The summed E-state index contributed by atoms with van der Waals surface area (Å²) in [5.41, 5.74) is 0. The van der Waals surface area contributed by atoms with Crippen molar-refractivity contribution < 1.29 is 18.1 Å². The van der Waals surface area contributed by atoms with Crippen molar-refractivity contribution in [1.29, 1.82) is 0 Å². The predicted octanol–water partition coefficient (Wildman–Crippen LogP) is 1.73. The zero-order valence-electron chi connectivity index (χ0n) is 10.7. The van der Waals surface area contributed by atoms with E-state index in [4.69, 9.17) is 4.74 Å². The van der Waals surface area contributed by atoms with Gasteiger partial charge in [-0.3, -0.25) is 4.79 Å². The summed E-state index contributed by atoms with van der Waals surface area (Å²) in [6, 6.07) is 6.06. The van der Waals surface area contributed by atoms with Crippen LogP contribution in [-0.4, -0.2) is 34.7 Å². The standard InChI is InChI=1S/C13H16FNO3S/c1-18-13(16)10-6-8-15(9-7-10)19(17)12-5-3-2-4-11(12)14/h2-5,10H,6-9H2,1H3. The van der Waals surface area contributed by atoms with E-state index in [0.717, 1.165) is 0 Å². The van der Waals surface area contributed by atoms with Crippen molar-refractivity contribution in [1.82, 2.24) is 4.31 Å². The topological polar surface area (TPSA) is 46.6 Å². The fraction of sp³-hybridized carbons (Fsp3) is 0.462. The third-order valence-electron chi connectivity index (χ3n) is 3.25. The van der Waals surface area contributed by atoms with Crippen LogP contribution < -0.4 is 0 Å². The average molecular weight is 285 g/mol. The first-order valence-electron chi connectivity index (χ1n) is 6.12. The first-order chi connectivity index (χ1) is 9.13. The molecule has 2 rings (SSSR count). The van der Waals surface area contributed by atoms with Gasteiger partial charge in [0.15, 0.2) is 0 Å². The van der Waals surface area contributed by atoms with Gasteiger partial charge in [0.25, 0.3) is 0 Å². The smallest absolute Gasteiger partial charge is 0.308 e. The predicted molar refractivity (Wildman–Crippen MR) is 69.1 cm³/mol. The van der Waals surface area contributed by atoms with Crippen LogP contribution in [0.15, 0.2) is 29.2 Å². The monoisotopic (exact) mass is 285 g/mol. The Morgan fingerprint density at radius 3 is 2.58 bits per heavy atom. The van der Waals surface area contributed by atoms with Gasteiger partial charge in [-0.15, -0.1) is 0 Å². The maximum Gasteiger partial charge on any atom is 0.308 e. The molecule has 0 saturated carbocycles. The molecule has 1 aliphatic rings. The molecule has 6 heteroatoms. The molecule has 1 saturated heterocycles. The van der Waals surface area contributed by atoms with Crippen molar-refractivity contribution in [2.45, 2.75) is 17.7 Å². The SMILES string of the molecule is COC(=O)C1CCN(S(=O)c2ccccc2F)CC1. The van der Waals surface area contributed by atoms with Gasteiger partial charge in [0, 0.05) is 13.1 Å². The number of hydrogen-bond donors (Lipinski definition) is 0. The van der Waals surface area contributed by atoms with Crippen LogP contribution in [0.4, 0.5) is 4.39 Å². The zero-order valence-corrected chi connectivity index (χ0v) is 11.5. The van der Waals surface area contributed by atoms with E-state index in [9.17, 15) is 13.4 Å².